The highest BCUT2D eigenvalue weighted by Gasteiger charge is 1.98. The zero-order chi connectivity index (χ0) is 13.4. The van der Waals surface area contributed by atoms with E-state index in [1.165, 1.54) is 25.7 Å². The summed E-state index contributed by atoms with van der Waals surface area (Å²) in [5, 5.41) is 8.20. The Balaban J connectivity index is 0. The number of hydrogen-bond donors (Lipinski definition) is 1. The van der Waals surface area contributed by atoms with Gasteiger partial charge in [-0.1, -0.05) is 52.9 Å². The molecule has 2 heteroatoms. The predicted molar refractivity (Wildman–Crippen MR) is 75.3 cm³/mol. The molecule has 0 saturated heterocycles. The Morgan fingerprint density at radius 3 is 1.76 bits per heavy atom. The molecule has 0 saturated carbocycles. The molecular formula is C15H32O2. The van der Waals surface area contributed by atoms with Gasteiger partial charge < -0.3 is 5.11 Å². The molecule has 0 aromatic rings. The smallest absolute Gasteiger partial charge is 0.132 e. The molecule has 0 radical (unpaired) electrons. The van der Waals surface area contributed by atoms with Crippen molar-refractivity contribution in [1.82, 2.24) is 0 Å². The van der Waals surface area contributed by atoms with Crippen molar-refractivity contribution in [1.29, 1.82) is 0 Å². The van der Waals surface area contributed by atoms with Crippen LogP contribution >= 0.6 is 0 Å². The fourth-order valence-corrected chi connectivity index (χ4v) is 1.51. The first-order valence-electron chi connectivity index (χ1n) is 7.35. The molecule has 0 aromatic heterocycles. The lowest BCUT2D eigenvalue weighted by molar-refractivity contribution is -0.119. The van der Waals surface area contributed by atoms with Crippen molar-refractivity contribution in [3.05, 3.63) is 0 Å². The summed E-state index contributed by atoms with van der Waals surface area (Å²) in [6.07, 6.45) is 10.8. The summed E-state index contributed by atoms with van der Waals surface area (Å²) in [6.45, 7) is 6.72. The average Bonchev–Trinajstić information content (AvgIpc) is 2.33. The third-order valence-corrected chi connectivity index (χ3v) is 2.60. The van der Waals surface area contributed by atoms with E-state index < -0.39 is 0 Å². The molecule has 0 amide bonds. The van der Waals surface area contributed by atoms with Crippen molar-refractivity contribution in [3.8, 4) is 0 Å². The second-order valence-corrected chi connectivity index (χ2v) is 4.53. The van der Waals surface area contributed by atoms with E-state index in [4.69, 9.17) is 5.11 Å². The molecule has 0 aromatic carbocycles. The van der Waals surface area contributed by atoms with E-state index in [-0.39, 0.29) is 0 Å². The van der Waals surface area contributed by atoms with Crippen LogP contribution in [0.15, 0.2) is 0 Å². The predicted octanol–water partition coefficient (Wildman–Crippen LogP) is 4.49. The highest BCUT2D eigenvalue weighted by Crippen LogP contribution is 2.04. The minimum Gasteiger partial charge on any atom is -0.396 e. The number of Topliss-reactive ketones (excluding diaryl/α,β-unsaturated/α-hetero) is 1. The maximum atomic E-state index is 11.0. The standard InChI is InChI=1S/C10H20O.C5H12O/c1-3-5-6-7-9-10(11)8-4-2;1-2-3-4-5-6/h3-9H2,1-2H3;6H,2-5H2,1H3. The third-order valence-electron chi connectivity index (χ3n) is 2.60. The lowest BCUT2D eigenvalue weighted by atomic mass is 10.1. The van der Waals surface area contributed by atoms with Crippen molar-refractivity contribution >= 4 is 5.78 Å². The lowest BCUT2D eigenvalue weighted by Gasteiger charge is -1.97. The molecule has 0 aliphatic heterocycles. The second kappa shape index (κ2) is 18.0. The molecule has 17 heavy (non-hydrogen) atoms. The second-order valence-electron chi connectivity index (χ2n) is 4.53. The Hall–Kier alpha value is -0.370. The van der Waals surface area contributed by atoms with Gasteiger partial charge in [-0.15, -0.1) is 0 Å². The molecule has 0 heterocycles. The molecule has 104 valence electrons. The van der Waals surface area contributed by atoms with Gasteiger partial charge in [0.15, 0.2) is 0 Å². The number of aliphatic hydroxyl groups excluding tert-OH is 1. The van der Waals surface area contributed by atoms with Gasteiger partial charge in [-0.05, 0) is 19.3 Å². The molecule has 0 fully saturated rings. The molecular weight excluding hydrogens is 212 g/mol. The van der Waals surface area contributed by atoms with Gasteiger partial charge in [-0.3, -0.25) is 4.79 Å². The lowest BCUT2D eigenvalue weighted by Crippen LogP contribution is -1.95. The number of rotatable bonds is 10. The van der Waals surface area contributed by atoms with Crippen LogP contribution in [-0.4, -0.2) is 17.5 Å². The fourth-order valence-electron chi connectivity index (χ4n) is 1.51. The first-order valence-corrected chi connectivity index (χ1v) is 7.35. The summed E-state index contributed by atoms with van der Waals surface area (Å²) < 4.78 is 0. The largest absolute Gasteiger partial charge is 0.396 e. The average molecular weight is 244 g/mol. The van der Waals surface area contributed by atoms with Gasteiger partial charge >= 0.3 is 0 Å². The third kappa shape index (κ3) is 21.5. The van der Waals surface area contributed by atoms with Crippen LogP contribution in [0.5, 0.6) is 0 Å². The summed E-state index contributed by atoms with van der Waals surface area (Å²) in [4.78, 5) is 11.0. The number of hydrogen-bond acceptors (Lipinski definition) is 2. The normalized spacial score (nSPS) is 9.65. The van der Waals surface area contributed by atoms with E-state index in [0.717, 1.165) is 38.5 Å². The Morgan fingerprint density at radius 2 is 1.35 bits per heavy atom. The van der Waals surface area contributed by atoms with E-state index in [1.54, 1.807) is 0 Å². The van der Waals surface area contributed by atoms with Crippen molar-refractivity contribution in [3.63, 3.8) is 0 Å². The van der Waals surface area contributed by atoms with E-state index in [0.29, 0.717) is 12.4 Å². The van der Waals surface area contributed by atoms with Gasteiger partial charge in [0.25, 0.3) is 0 Å². The fraction of sp³-hybridized carbons (Fsp3) is 0.933. The SMILES string of the molecule is CCCCCCC(=O)CCC.CCCCCO. The highest BCUT2D eigenvalue weighted by atomic mass is 16.2. The van der Waals surface area contributed by atoms with Crippen LogP contribution in [0.1, 0.15) is 85.0 Å². The minimum atomic E-state index is 0.355. The van der Waals surface area contributed by atoms with E-state index in [9.17, 15) is 4.79 Å². The molecule has 0 spiro atoms. The van der Waals surface area contributed by atoms with Crippen LogP contribution < -0.4 is 0 Å². The minimum absolute atomic E-state index is 0.355. The van der Waals surface area contributed by atoms with Crippen LogP contribution in [-0.2, 0) is 4.79 Å². The molecule has 0 unspecified atom stereocenters. The number of unbranched alkanes of at least 4 members (excludes halogenated alkanes) is 5. The zero-order valence-corrected chi connectivity index (χ0v) is 12.1. The summed E-state index contributed by atoms with van der Waals surface area (Å²) in [6, 6.07) is 0. The van der Waals surface area contributed by atoms with Crippen molar-refractivity contribution in [2.24, 2.45) is 0 Å². The zero-order valence-electron chi connectivity index (χ0n) is 12.1. The Bertz CT molecular complexity index is 140. The first kappa shape index (κ1) is 19.0. The van der Waals surface area contributed by atoms with Gasteiger partial charge in [0.1, 0.15) is 5.78 Å². The van der Waals surface area contributed by atoms with Crippen molar-refractivity contribution < 1.29 is 9.90 Å². The summed E-state index contributed by atoms with van der Waals surface area (Å²) in [7, 11) is 0. The van der Waals surface area contributed by atoms with Gasteiger partial charge in [-0.25, -0.2) is 0 Å². The van der Waals surface area contributed by atoms with Crippen LogP contribution in [0.2, 0.25) is 0 Å². The molecule has 0 aliphatic rings. The number of ketones is 1. The summed E-state index contributed by atoms with van der Waals surface area (Å²) in [5.74, 6) is 0.448. The van der Waals surface area contributed by atoms with Gasteiger partial charge in [0.2, 0.25) is 0 Å². The maximum Gasteiger partial charge on any atom is 0.132 e. The topological polar surface area (TPSA) is 37.3 Å². The van der Waals surface area contributed by atoms with E-state index in [1.807, 2.05) is 0 Å². The number of carbonyl (C=O) groups excluding carboxylic acids is 1. The number of aliphatic hydroxyl groups is 1. The van der Waals surface area contributed by atoms with Gasteiger partial charge in [-0.2, -0.15) is 0 Å². The van der Waals surface area contributed by atoms with Gasteiger partial charge in [0.05, 0.1) is 0 Å². The van der Waals surface area contributed by atoms with Crippen molar-refractivity contribution in [2.75, 3.05) is 6.61 Å². The van der Waals surface area contributed by atoms with Gasteiger partial charge in [0, 0.05) is 19.4 Å². The first-order chi connectivity index (χ1) is 8.22. The van der Waals surface area contributed by atoms with Crippen molar-refractivity contribution in [2.45, 2.75) is 85.0 Å². The molecule has 0 rings (SSSR count). The monoisotopic (exact) mass is 244 g/mol. The molecule has 1 N–H and O–H groups in total. The Morgan fingerprint density at radius 1 is 0.765 bits per heavy atom. The van der Waals surface area contributed by atoms with Crippen LogP contribution in [0.3, 0.4) is 0 Å². The molecule has 0 bridgehead atoms. The van der Waals surface area contributed by atoms with Crippen LogP contribution in [0.4, 0.5) is 0 Å². The Labute approximate surface area is 108 Å². The quantitative estimate of drug-likeness (QED) is 0.575. The molecule has 0 aliphatic carbocycles. The van der Waals surface area contributed by atoms with Crippen LogP contribution in [0.25, 0.3) is 0 Å². The highest BCUT2D eigenvalue weighted by molar-refractivity contribution is 5.78. The Kier molecular flexibility index (Phi) is 20.1. The molecule has 0 atom stereocenters. The van der Waals surface area contributed by atoms with E-state index in [2.05, 4.69) is 20.8 Å². The van der Waals surface area contributed by atoms with Crippen LogP contribution in [0, 0.1) is 0 Å². The summed E-state index contributed by atoms with van der Waals surface area (Å²) in [5.41, 5.74) is 0. The maximum absolute atomic E-state index is 11.0. The number of carbonyl (C=O) groups is 1. The summed E-state index contributed by atoms with van der Waals surface area (Å²) >= 11 is 0. The molecule has 2 nitrogen and oxygen atoms in total. The van der Waals surface area contributed by atoms with E-state index >= 15 is 0 Å².